The maximum atomic E-state index is 12.0. The van der Waals surface area contributed by atoms with Crippen molar-refractivity contribution in [1.29, 1.82) is 0 Å². The summed E-state index contributed by atoms with van der Waals surface area (Å²) in [5.74, 6) is 1.52. The van der Waals surface area contributed by atoms with E-state index in [9.17, 15) is 4.79 Å². The fourth-order valence-electron chi connectivity index (χ4n) is 2.67. The number of benzene rings is 1. The first-order valence-electron chi connectivity index (χ1n) is 7.88. The van der Waals surface area contributed by atoms with E-state index in [1.165, 1.54) is 11.9 Å². The number of carbonyl (C=O) groups is 1. The lowest BCUT2D eigenvalue weighted by molar-refractivity contribution is 0.219. The molecule has 8 heteroatoms. The number of para-hydroxylation sites is 1. The third-order valence-electron chi connectivity index (χ3n) is 3.86. The van der Waals surface area contributed by atoms with Gasteiger partial charge in [0.2, 0.25) is 0 Å². The van der Waals surface area contributed by atoms with Crippen LogP contribution in [0.1, 0.15) is 5.56 Å². The number of nitrogens with one attached hydrogen (secondary N) is 2. The topological polar surface area (TPSA) is 94.0 Å². The van der Waals surface area contributed by atoms with Gasteiger partial charge in [0.15, 0.2) is 5.82 Å². The van der Waals surface area contributed by atoms with E-state index in [2.05, 4.69) is 25.7 Å². The van der Waals surface area contributed by atoms with Gasteiger partial charge in [-0.15, -0.1) is 0 Å². The van der Waals surface area contributed by atoms with Crippen LogP contribution in [0.5, 0.6) is 5.75 Å². The first kappa shape index (κ1) is 15.1. The second-order valence-electron chi connectivity index (χ2n) is 5.63. The lowest BCUT2D eigenvalue weighted by Gasteiger charge is -2.12. The van der Waals surface area contributed by atoms with Crippen molar-refractivity contribution in [3.8, 4) is 11.6 Å². The number of pyridine rings is 1. The van der Waals surface area contributed by atoms with Gasteiger partial charge in [-0.25, -0.2) is 19.4 Å². The number of aromatic nitrogens is 4. The molecule has 126 valence electrons. The average Bonchev–Trinajstić information content (AvgIpc) is 3.30. The van der Waals surface area contributed by atoms with E-state index in [1.54, 1.807) is 29.3 Å². The zero-order chi connectivity index (χ0) is 17.1. The molecule has 3 heterocycles. The van der Waals surface area contributed by atoms with Crippen LogP contribution in [0.25, 0.3) is 5.82 Å². The summed E-state index contributed by atoms with van der Waals surface area (Å²) in [5, 5.41) is 9.56. The summed E-state index contributed by atoms with van der Waals surface area (Å²) in [6.45, 7) is 0.435. The molecule has 2 N–H and O–H groups in total. The third kappa shape index (κ3) is 3.42. The van der Waals surface area contributed by atoms with Gasteiger partial charge < -0.3 is 15.4 Å². The van der Waals surface area contributed by atoms with Crippen molar-refractivity contribution in [3.05, 3.63) is 60.8 Å². The Morgan fingerprint density at radius 1 is 1.28 bits per heavy atom. The Morgan fingerprint density at radius 2 is 2.20 bits per heavy atom. The van der Waals surface area contributed by atoms with Gasteiger partial charge in [-0.3, -0.25) is 0 Å². The zero-order valence-electron chi connectivity index (χ0n) is 13.3. The van der Waals surface area contributed by atoms with Gasteiger partial charge in [-0.05, 0) is 23.8 Å². The van der Waals surface area contributed by atoms with E-state index in [0.29, 0.717) is 18.1 Å². The van der Waals surface area contributed by atoms with E-state index < -0.39 is 0 Å². The lowest BCUT2D eigenvalue weighted by atomic mass is 10.1. The number of rotatable bonds is 4. The fourth-order valence-corrected chi connectivity index (χ4v) is 2.67. The van der Waals surface area contributed by atoms with Crippen LogP contribution in [-0.4, -0.2) is 38.4 Å². The minimum atomic E-state index is -0.296. The lowest BCUT2D eigenvalue weighted by Crippen LogP contribution is -2.37. The molecule has 25 heavy (non-hydrogen) atoms. The minimum Gasteiger partial charge on any atom is -0.488 e. The molecule has 8 nitrogen and oxygen atoms in total. The number of ether oxygens (including phenoxy) is 1. The molecule has 2 aromatic heterocycles. The largest absolute Gasteiger partial charge is 0.488 e. The molecule has 0 aliphatic carbocycles. The zero-order valence-corrected chi connectivity index (χ0v) is 13.3. The summed E-state index contributed by atoms with van der Waals surface area (Å²) in [4.78, 5) is 20.1. The van der Waals surface area contributed by atoms with Crippen LogP contribution >= 0.6 is 0 Å². The highest BCUT2D eigenvalue weighted by molar-refractivity contribution is 5.89. The Kier molecular flexibility index (Phi) is 3.99. The Morgan fingerprint density at radius 3 is 2.96 bits per heavy atom. The molecule has 0 radical (unpaired) electrons. The number of urea groups is 1. The first-order chi connectivity index (χ1) is 12.3. The van der Waals surface area contributed by atoms with Crippen LogP contribution in [0.3, 0.4) is 0 Å². The monoisotopic (exact) mass is 336 g/mol. The van der Waals surface area contributed by atoms with Crippen LogP contribution in [0, 0.1) is 0 Å². The molecule has 0 bridgehead atoms. The van der Waals surface area contributed by atoms with Crippen LogP contribution in [0.2, 0.25) is 0 Å². The SMILES string of the molecule is O=C(NCC1Cc2ccccc2O1)Nc1ccc(-n2cncn2)nc1. The maximum absolute atomic E-state index is 12.0. The molecule has 1 aromatic carbocycles. The number of fused-ring (bicyclic) bond motifs is 1. The van der Waals surface area contributed by atoms with E-state index >= 15 is 0 Å². The Bertz CT molecular complexity index is 838. The Hall–Kier alpha value is -3.42. The summed E-state index contributed by atoms with van der Waals surface area (Å²) >= 11 is 0. The number of anilines is 1. The highest BCUT2D eigenvalue weighted by atomic mass is 16.5. The molecule has 0 saturated carbocycles. The van der Waals surface area contributed by atoms with E-state index in [-0.39, 0.29) is 12.1 Å². The van der Waals surface area contributed by atoms with Crippen LogP contribution < -0.4 is 15.4 Å². The summed E-state index contributed by atoms with van der Waals surface area (Å²) in [6.07, 6.45) is 5.31. The molecule has 4 rings (SSSR count). The standard InChI is InChI=1S/C17H16N6O2/c24-17(20-9-14-7-12-3-1-2-4-15(12)25-14)22-13-5-6-16(19-8-13)23-11-18-10-21-23/h1-6,8,10-11,14H,7,9H2,(H2,20,22,24). The molecule has 0 fully saturated rings. The predicted octanol–water partition coefficient (Wildman–Crippen LogP) is 1.79. The van der Waals surface area contributed by atoms with Gasteiger partial charge in [0.05, 0.1) is 18.4 Å². The number of nitrogens with zero attached hydrogens (tertiary/aromatic N) is 4. The predicted molar refractivity (Wildman–Crippen MR) is 90.7 cm³/mol. The van der Waals surface area contributed by atoms with E-state index in [4.69, 9.17) is 4.74 Å². The summed E-state index contributed by atoms with van der Waals surface area (Å²) in [7, 11) is 0. The van der Waals surface area contributed by atoms with Crippen LogP contribution in [0.4, 0.5) is 10.5 Å². The second-order valence-corrected chi connectivity index (χ2v) is 5.63. The second kappa shape index (κ2) is 6.60. The number of hydrogen-bond donors (Lipinski definition) is 2. The van der Waals surface area contributed by atoms with Gasteiger partial charge >= 0.3 is 6.03 Å². The van der Waals surface area contributed by atoms with E-state index in [0.717, 1.165) is 12.2 Å². The Labute approximate surface area is 143 Å². The van der Waals surface area contributed by atoms with Gasteiger partial charge in [0.1, 0.15) is 24.5 Å². The van der Waals surface area contributed by atoms with Crippen molar-refractivity contribution in [3.63, 3.8) is 0 Å². The molecule has 0 spiro atoms. The van der Waals surface area contributed by atoms with Crippen molar-refractivity contribution >= 4 is 11.7 Å². The highest BCUT2D eigenvalue weighted by Crippen LogP contribution is 2.27. The first-order valence-corrected chi connectivity index (χ1v) is 7.88. The molecule has 1 aliphatic rings. The van der Waals surface area contributed by atoms with Crippen molar-refractivity contribution < 1.29 is 9.53 Å². The van der Waals surface area contributed by atoms with Crippen molar-refractivity contribution in [2.45, 2.75) is 12.5 Å². The molecule has 0 saturated heterocycles. The summed E-state index contributed by atoms with van der Waals surface area (Å²) in [5.41, 5.74) is 1.76. The third-order valence-corrected chi connectivity index (χ3v) is 3.86. The average molecular weight is 336 g/mol. The maximum Gasteiger partial charge on any atom is 0.319 e. The van der Waals surface area contributed by atoms with Crippen molar-refractivity contribution in [2.75, 3.05) is 11.9 Å². The Balaban J connectivity index is 1.28. The van der Waals surface area contributed by atoms with Crippen LogP contribution in [-0.2, 0) is 6.42 Å². The summed E-state index contributed by atoms with van der Waals surface area (Å²) in [6, 6.07) is 11.1. The van der Waals surface area contributed by atoms with Gasteiger partial charge in [0, 0.05) is 6.42 Å². The minimum absolute atomic E-state index is 0.0454. The van der Waals surface area contributed by atoms with Crippen molar-refractivity contribution in [1.82, 2.24) is 25.1 Å². The molecule has 1 unspecified atom stereocenters. The molecule has 3 aromatic rings. The fraction of sp³-hybridized carbons (Fsp3) is 0.176. The molecular weight excluding hydrogens is 320 g/mol. The van der Waals surface area contributed by atoms with Gasteiger partial charge in [-0.1, -0.05) is 18.2 Å². The van der Waals surface area contributed by atoms with E-state index in [1.807, 2.05) is 24.3 Å². The molecule has 2 amide bonds. The van der Waals surface area contributed by atoms with Crippen LogP contribution in [0.15, 0.2) is 55.2 Å². The quantitative estimate of drug-likeness (QED) is 0.757. The smallest absolute Gasteiger partial charge is 0.319 e. The summed E-state index contributed by atoms with van der Waals surface area (Å²) < 4.78 is 7.33. The van der Waals surface area contributed by atoms with Gasteiger partial charge in [-0.2, -0.15) is 5.10 Å². The number of hydrogen-bond acceptors (Lipinski definition) is 5. The molecule has 1 aliphatic heterocycles. The number of amides is 2. The van der Waals surface area contributed by atoms with Gasteiger partial charge in [0.25, 0.3) is 0 Å². The number of carbonyl (C=O) groups excluding carboxylic acids is 1. The molecular formula is C17H16N6O2. The highest BCUT2D eigenvalue weighted by Gasteiger charge is 2.22. The normalized spacial score (nSPS) is 15.3. The van der Waals surface area contributed by atoms with Crippen molar-refractivity contribution in [2.24, 2.45) is 0 Å². The molecule has 1 atom stereocenters.